The number of H-pyrrole nitrogens is 1. The Balaban J connectivity index is 1.87. The monoisotopic (exact) mass is 271 g/mol. The number of pyridine rings is 1. The minimum Gasteiger partial charge on any atom is -0.358 e. The molecular formula is C16H21N3O. The zero-order chi connectivity index (χ0) is 14.1. The van der Waals surface area contributed by atoms with E-state index in [0.29, 0.717) is 5.92 Å². The zero-order valence-electron chi connectivity index (χ0n) is 11.8. The molecule has 1 atom stereocenters. The number of rotatable bonds is 2. The van der Waals surface area contributed by atoms with E-state index in [2.05, 4.69) is 22.9 Å². The first-order valence-corrected chi connectivity index (χ1v) is 7.28. The lowest BCUT2D eigenvalue weighted by Gasteiger charge is -2.34. The number of nitrogens with one attached hydrogen (secondary N) is 1. The Bertz CT molecular complexity index is 654. The van der Waals surface area contributed by atoms with Crippen molar-refractivity contribution in [1.29, 1.82) is 0 Å². The summed E-state index contributed by atoms with van der Waals surface area (Å²) in [7, 11) is 0. The molecule has 2 aromatic rings. The number of fused-ring (bicyclic) bond motifs is 1. The van der Waals surface area contributed by atoms with Crippen molar-refractivity contribution < 1.29 is 0 Å². The van der Waals surface area contributed by atoms with E-state index in [1.165, 1.54) is 0 Å². The van der Waals surface area contributed by atoms with Crippen molar-refractivity contribution in [3.63, 3.8) is 0 Å². The van der Waals surface area contributed by atoms with E-state index < -0.39 is 0 Å². The van der Waals surface area contributed by atoms with Gasteiger partial charge in [-0.3, -0.25) is 4.79 Å². The molecule has 4 heteroatoms. The average molecular weight is 271 g/mol. The summed E-state index contributed by atoms with van der Waals surface area (Å²) < 4.78 is 0. The van der Waals surface area contributed by atoms with Crippen LogP contribution in [0.2, 0.25) is 0 Å². The van der Waals surface area contributed by atoms with E-state index in [-0.39, 0.29) is 11.6 Å². The molecule has 0 spiro atoms. The summed E-state index contributed by atoms with van der Waals surface area (Å²) in [6, 6.07) is 10.0. The summed E-state index contributed by atoms with van der Waals surface area (Å²) in [6.45, 7) is 4.00. The summed E-state index contributed by atoms with van der Waals surface area (Å²) in [5, 5.41) is 1.75. The summed E-state index contributed by atoms with van der Waals surface area (Å²) in [5.41, 5.74) is 5.97. The highest BCUT2D eigenvalue weighted by molar-refractivity contribution is 5.83. The van der Waals surface area contributed by atoms with Gasteiger partial charge in [-0.1, -0.05) is 18.2 Å². The van der Waals surface area contributed by atoms with Crippen LogP contribution in [0.5, 0.6) is 0 Å². The van der Waals surface area contributed by atoms with Crippen LogP contribution in [-0.4, -0.2) is 24.1 Å². The van der Waals surface area contributed by atoms with Crippen LogP contribution >= 0.6 is 0 Å². The largest absolute Gasteiger partial charge is 0.358 e. The van der Waals surface area contributed by atoms with E-state index in [1.54, 1.807) is 0 Å². The Morgan fingerprint density at radius 3 is 2.70 bits per heavy atom. The zero-order valence-corrected chi connectivity index (χ0v) is 11.8. The molecule has 1 fully saturated rings. The normalized spacial score (nSPS) is 18.4. The van der Waals surface area contributed by atoms with Gasteiger partial charge in [-0.15, -0.1) is 0 Å². The first-order chi connectivity index (χ1) is 9.65. The number of benzene rings is 1. The molecule has 1 aliphatic heterocycles. The van der Waals surface area contributed by atoms with Crippen LogP contribution in [0.4, 0.5) is 5.82 Å². The van der Waals surface area contributed by atoms with E-state index >= 15 is 0 Å². The van der Waals surface area contributed by atoms with Gasteiger partial charge in [0.1, 0.15) is 5.82 Å². The number of hydrogen-bond donors (Lipinski definition) is 2. The first kappa shape index (κ1) is 13.2. The topological polar surface area (TPSA) is 62.1 Å². The van der Waals surface area contributed by atoms with Gasteiger partial charge >= 0.3 is 0 Å². The molecule has 2 heterocycles. The molecule has 3 N–H and O–H groups in total. The van der Waals surface area contributed by atoms with E-state index in [4.69, 9.17) is 5.73 Å². The molecule has 1 saturated heterocycles. The minimum absolute atomic E-state index is 0.00702. The molecule has 1 aromatic carbocycles. The standard InChI is InChI=1S/C16H21N3O/c1-11(17)12-6-8-19(9-7-12)15-10-13-4-2-3-5-14(13)16(20)18-15/h2-5,10-12H,6-9,17H2,1H3,(H,18,20). The number of piperidine rings is 1. The fraction of sp³-hybridized carbons (Fsp3) is 0.438. The molecule has 0 aliphatic carbocycles. The number of nitrogens with zero attached hydrogens (tertiary/aromatic N) is 1. The van der Waals surface area contributed by atoms with E-state index in [1.807, 2.05) is 24.3 Å². The Morgan fingerprint density at radius 1 is 1.30 bits per heavy atom. The summed E-state index contributed by atoms with van der Waals surface area (Å²) in [5.74, 6) is 1.52. The maximum atomic E-state index is 12.1. The van der Waals surface area contributed by atoms with Gasteiger partial charge in [-0.05, 0) is 43.2 Å². The van der Waals surface area contributed by atoms with Crippen molar-refractivity contribution in [2.45, 2.75) is 25.8 Å². The molecule has 0 saturated carbocycles. The molecule has 1 aromatic heterocycles. The van der Waals surface area contributed by atoms with Crippen molar-refractivity contribution in [3.8, 4) is 0 Å². The van der Waals surface area contributed by atoms with Crippen molar-refractivity contribution in [3.05, 3.63) is 40.7 Å². The molecule has 4 nitrogen and oxygen atoms in total. The van der Waals surface area contributed by atoms with Gasteiger partial charge in [-0.25, -0.2) is 0 Å². The highest BCUT2D eigenvalue weighted by atomic mass is 16.1. The van der Waals surface area contributed by atoms with Crippen LogP contribution in [0.25, 0.3) is 10.8 Å². The molecule has 0 bridgehead atoms. The summed E-state index contributed by atoms with van der Waals surface area (Å²) >= 11 is 0. The molecule has 1 aliphatic rings. The van der Waals surface area contributed by atoms with Crippen LogP contribution in [-0.2, 0) is 0 Å². The van der Waals surface area contributed by atoms with E-state index in [0.717, 1.165) is 42.5 Å². The predicted molar refractivity (Wildman–Crippen MR) is 83.2 cm³/mol. The third-order valence-corrected chi connectivity index (χ3v) is 4.36. The number of anilines is 1. The smallest absolute Gasteiger partial charge is 0.257 e. The fourth-order valence-corrected chi connectivity index (χ4v) is 3.03. The minimum atomic E-state index is -0.00702. The quantitative estimate of drug-likeness (QED) is 0.879. The van der Waals surface area contributed by atoms with Crippen LogP contribution in [0.15, 0.2) is 35.1 Å². The van der Waals surface area contributed by atoms with Gasteiger partial charge in [0.05, 0.1) is 0 Å². The lowest BCUT2D eigenvalue weighted by molar-refractivity contribution is 0.353. The Hall–Kier alpha value is -1.81. The number of aromatic nitrogens is 1. The van der Waals surface area contributed by atoms with Crippen LogP contribution in [0, 0.1) is 5.92 Å². The van der Waals surface area contributed by atoms with Crippen LogP contribution in [0.3, 0.4) is 0 Å². The fourth-order valence-electron chi connectivity index (χ4n) is 3.03. The molecule has 3 rings (SSSR count). The Kier molecular flexibility index (Phi) is 3.49. The molecule has 0 amide bonds. The third kappa shape index (κ3) is 2.43. The molecular weight excluding hydrogens is 250 g/mol. The lowest BCUT2D eigenvalue weighted by atomic mass is 9.91. The molecule has 0 radical (unpaired) electrons. The third-order valence-electron chi connectivity index (χ3n) is 4.36. The Morgan fingerprint density at radius 2 is 2.00 bits per heavy atom. The van der Waals surface area contributed by atoms with Crippen molar-refractivity contribution in [2.24, 2.45) is 11.7 Å². The highest BCUT2D eigenvalue weighted by Crippen LogP contribution is 2.24. The number of nitrogens with two attached hydrogens (primary N) is 1. The number of aromatic amines is 1. The van der Waals surface area contributed by atoms with E-state index in [9.17, 15) is 4.79 Å². The van der Waals surface area contributed by atoms with Gasteiger partial charge in [0.15, 0.2) is 0 Å². The maximum Gasteiger partial charge on any atom is 0.257 e. The van der Waals surface area contributed by atoms with Crippen molar-refractivity contribution in [1.82, 2.24) is 4.98 Å². The summed E-state index contributed by atoms with van der Waals surface area (Å²) in [4.78, 5) is 17.4. The van der Waals surface area contributed by atoms with Crippen molar-refractivity contribution in [2.75, 3.05) is 18.0 Å². The van der Waals surface area contributed by atoms with Crippen LogP contribution in [0.1, 0.15) is 19.8 Å². The highest BCUT2D eigenvalue weighted by Gasteiger charge is 2.22. The number of hydrogen-bond acceptors (Lipinski definition) is 3. The lowest BCUT2D eigenvalue weighted by Crippen LogP contribution is -2.40. The van der Waals surface area contributed by atoms with Crippen LogP contribution < -0.4 is 16.2 Å². The Labute approximate surface area is 118 Å². The van der Waals surface area contributed by atoms with Gasteiger partial charge < -0.3 is 15.6 Å². The molecule has 1 unspecified atom stereocenters. The molecule has 20 heavy (non-hydrogen) atoms. The second-order valence-electron chi connectivity index (χ2n) is 5.75. The maximum absolute atomic E-state index is 12.1. The SMILES string of the molecule is CC(N)C1CCN(c2cc3ccccc3c(=O)[nH]2)CC1. The van der Waals surface area contributed by atoms with Gasteiger partial charge in [0.25, 0.3) is 5.56 Å². The second kappa shape index (κ2) is 5.29. The van der Waals surface area contributed by atoms with Gasteiger partial charge in [0.2, 0.25) is 0 Å². The molecule has 106 valence electrons. The second-order valence-corrected chi connectivity index (χ2v) is 5.75. The average Bonchev–Trinajstić information content (AvgIpc) is 2.47. The predicted octanol–water partition coefficient (Wildman–Crippen LogP) is 2.09. The summed E-state index contributed by atoms with van der Waals surface area (Å²) in [6.07, 6.45) is 2.18. The van der Waals surface area contributed by atoms with Crippen molar-refractivity contribution >= 4 is 16.6 Å². The van der Waals surface area contributed by atoms with Gasteiger partial charge in [0, 0.05) is 24.5 Å². The van der Waals surface area contributed by atoms with Gasteiger partial charge in [-0.2, -0.15) is 0 Å². The first-order valence-electron chi connectivity index (χ1n) is 7.28.